The fraction of sp³-hybridized carbons (Fsp3) is 0. The Morgan fingerprint density at radius 1 is 0.409 bits per heavy atom. The minimum atomic E-state index is -0.440. The lowest BCUT2D eigenvalue weighted by molar-refractivity contribution is 1.17. The van der Waals surface area contributed by atoms with Gasteiger partial charge in [-0.25, -0.2) is 0 Å². The molecule has 2 heterocycles. The van der Waals surface area contributed by atoms with Gasteiger partial charge in [0.05, 0.1) is 41.5 Å². The van der Waals surface area contributed by atoms with E-state index in [0.29, 0.717) is 11.1 Å². The molecule has 9 rings (SSSR count). The van der Waals surface area contributed by atoms with Gasteiger partial charge >= 0.3 is 0 Å². The zero-order valence-corrected chi connectivity index (χ0v) is 23.3. The van der Waals surface area contributed by atoms with Gasteiger partial charge in [-0.1, -0.05) is 127 Å². The summed E-state index contributed by atoms with van der Waals surface area (Å²) in [5, 5.41) is 3.53. The molecule has 0 spiro atoms. The molecule has 0 saturated carbocycles. The van der Waals surface area contributed by atoms with Crippen LogP contribution in [0.1, 0.15) is 13.7 Å². The molecule has 0 aliphatic rings. The third kappa shape index (κ3) is 3.68. The van der Waals surface area contributed by atoms with Crippen molar-refractivity contribution in [2.24, 2.45) is 0 Å². The Morgan fingerprint density at radius 3 is 1.73 bits per heavy atom. The number of benzene rings is 7. The summed E-state index contributed by atoms with van der Waals surface area (Å²) in [5.41, 5.74) is 6.37. The van der Waals surface area contributed by atoms with Gasteiger partial charge in [-0.2, -0.15) is 0 Å². The second-order valence-corrected chi connectivity index (χ2v) is 10.6. The SMILES string of the molecule is [2H]c1c([2H])c([2H])c(-c2cccc(-n3c4ccccc4c4c(-n5c6ccccc6c6c(-c7c([2H])c([2H])c([2H])c([2H])c7[2H])cccc65)cccc43)c2)c([2H])c1[2H]. The molecule has 2 nitrogen and oxygen atoms in total. The highest BCUT2D eigenvalue weighted by Gasteiger charge is 2.20. The lowest BCUT2D eigenvalue weighted by Crippen LogP contribution is -1.97. The van der Waals surface area contributed by atoms with E-state index >= 15 is 0 Å². The Hall–Kier alpha value is -5.86. The van der Waals surface area contributed by atoms with E-state index in [1.165, 1.54) is 0 Å². The monoisotopic (exact) mass is 570 g/mol. The first-order valence-electron chi connectivity index (χ1n) is 19.3. The van der Waals surface area contributed by atoms with Crippen molar-refractivity contribution in [2.75, 3.05) is 0 Å². The molecule has 0 fully saturated rings. The molecule has 7 aromatic carbocycles. The molecule has 0 radical (unpaired) electrons. The van der Waals surface area contributed by atoms with E-state index in [-0.39, 0.29) is 59.5 Å². The first-order valence-corrected chi connectivity index (χ1v) is 14.3. The predicted octanol–water partition coefficient (Wildman–Crippen LogP) is 11.2. The van der Waals surface area contributed by atoms with E-state index in [9.17, 15) is 0 Å². The fourth-order valence-corrected chi connectivity index (χ4v) is 6.53. The highest BCUT2D eigenvalue weighted by atomic mass is 15.0. The van der Waals surface area contributed by atoms with Gasteiger partial charge in [-0.3, -0.25) is 0 Å². The van der Waals surface area contributed by atoms with Gasteiger partial charge in [-0.15, -0.1) is 0 Å². The average molecular weight is 571 g/mol. The topological polar surface area (TPSA) is 9.86 Å². The third-order valence-corrected chi connectivity index (χ3v) is 8.28. The number of aromatic nitrogens is 2. The van der Waals surface area contributed by atoms with Gasteiger partial charge in [0.2, 0.25) is 0 Å². The largest absolute Gasteiger partial charge is 0.309 e. The summed E-state index contributed by atoms with van der Waals surface area (Å²) in [6.45, 7) is 0. The molecule has 0 atom stereocenters. The fourth-order valence-electron chi connectivity index (χ4n) is 6.53. The van der Waals surface area contributed by atoms with Gasteiger partial charge in [0, 0.05) is 27.2 Å². The first kappa shape index (κ1) is 16.7. The average Bonchev–Trinajstić information content (AvgIpc) is 3.72. The van der Waals surface area contributed by atoms with Crippen LogP contribution in [0.15, 0.2) is 170 Å². The summed E-state index contributed by atoms with van der Waals surface area (Å²) >= 11 is 0. The molecule has 9 aromatic rings. The Labute approximate surface area is 269 Å². The van der Waals surface area contributed by atoms with Crippen molar-refractivity contribution in [3.63, 3.8) is 0 Å². The van der Waals surface area contributed by atoms with Crippen molar-refractivity contribution >= 4 is 43.6 Å². The van der Waals surface area contributed by atoms with Gasteiger partial charge < -0.3 is 9.13 Å². The Kier molecular flexibility index (Phi) is 3.74. The van der Waals surface area contributed by atoms with Gasteiger partial charge in [0.15, 0.2) is 0 Å². The van der Waals surface area contributed by atoms with E-state index in [4.69, 9.17) is 13.7 Å². The molecule has 0 aliphatic heterocycles. The number of rotatable bonds is 4. The van der Waals surface area contributed by atoms with Crippen molar-refractivity contribution in [3.8, 4) is 33.6 Å². The van der Waals surface area contributed by atoms with Crippen LogP contribution in [0.4, 0.5) is 0 Å². The minimum Gasteiger partial charge on any atom is -0.309 e. The van der Waals surface area contributed by atoms with Crippen LogP contribution in [0.25, 0.3) is 77.2 Å². The van der Waals surface area contributed by atoms with Crippen molar-refractivity contribution < 1.29 is 13.7 Å². The van der Waals surface area contributed by atoms with E-state index in [1.807, 2.05) is 97.1 Å². The van der Waals surface area contributed by atoms with Crippen LogP contribution in [-0.4, -0.2) is 9.13 Å². The van der Waals surface area contributed by atoms with Crippen LogP contribution in [0.5, 0.6) is 0 Å². The number of para-hydroxylation sites is 2. The maximum atomic E-state index is 8.80. The maximum absolute atomic E-state index is 8.80. The van der Waals surface area contributed by atoms with Crippen molar-refractivity contribution in [1.29, 1.82) is 0 Å². The molecule has 0 unspecified atom stereocenters. The maximum Gasteiger partial charge on any atom is 0.0629 e. The zero-order valence-electron chi connectivity index (χ0n) is 33.3. The molecule has 2 heteroatoms. The Bertz CT molecular complexity index is 3010. The van der Waals surface area contributed by atoms with Crippen LogP contribution in [-0.2, 0) is 0 Å². The molecule has 2 aromatic heterocycles. The molecule has 0 aliphatic carbocycles. The second kappa shape index (κ2) is 9.86. The van der Waals surface area contributed by atoms with Crippen LogP contribution < -0.4 is 0 Å². The highest BCUT2D eigenvalue weighted by Crippen LogP contribution is 2.42. The summed E-state index contributed by atoms with van der Waals surface area (Å²) in [6, 6.07) is 31.5. The zero-order chi connectivity index (χ0) is 37.7. The van der Waals surface area contributed by atoms with E-state index in [0.717, 1.165) is 55.0 Å². The second-order valence-electron chi connectivity index (χ2n) is 10.6. The van der Waals surface area contributed by atoms with Gasteiger partial charge in [-0.05, 0) is 64.7 Å². The van der Waals surface area contributed by atoms with Crippen molar-refractivity contribution in [3.05, 3.63) is 170 Å². The molecular weight excluding hydrogens is 532 g/mol. The smallest absolute Gasteiger partial charge is 0.0629 e. The lowest BCUT2D eigenvalue weighted by atomic mass is 9.99. The standard InChI is InChI=1S/C42H28N2/c1-3-14-29(15-4-1)31-18-11-19-32(28-31)43-36-23-9-8-21-35(36)42-39(43)26-13-27-40(42)44-37-24-10-7-20-34(37)41-33(22-12-25-38(41)44)30-16-5-2-6-17-30/h1-28H/i1D,2D,3D,4D,5D,6D,14D,15D,16D,17D. The summed E-state index contributed by atoms with van der Waals surface area (Å²) in [4.78, 5) is 0. The van der Waals surface area contributed by atoms with Crippen LogP contribution >= 0.6 is 0 Å². The lowest BCUT2D eigenvalue weighted by Gasteiger charge is -2.12. The first-order chi connectivity index (χ1) is 26.0. The van der Waals surface area contributed by atoms with Crippen LogP contribution in [0.2, 0.25) is 0 Å². The van der Waals surface area contributed by atoms with E-state index < -0.39 is 12.1 Å². The van der Waals surface area contributed by atoms with Gasteiger partial charge in [0.25, 0.3) is 0 Å². The van der Waals surface area contributed by atoms with Crippen molar-refractivity contribution in [1.82, 2.24) is 9.13 Å². The Balaban J connectivity index is 1.35. The molecule has 0 amide bonds. The number of fused-ring (bicyclic) bond motifs is 6. The van der Waals surface area contributed by atoms with Crippen LogP contribution in [0.3, 0.4) is 0 Å². The predicted molar refractivity (Wildman–Crippen MR) is 186 cm³/mol. The van der Waals surface area contributed by atoms with E-state index in [2.05, 4.69) is 15.2 Å². The number of nitrogens with zero attached hydrogens (tertiary/aromatic N) is 2. The molecule has 44 heavy (non-hydrogen) atoms. The summed E-state index contributed by atoms with van der Waals surface area (Å²) in [7, 11) is 0. The normalized spacial score (nSPS) is 14.8. The third-order valence-electron chi connectivity index (χ3n) is 8.28. The Morgan fingerprint density at radius 2 is 0.977 bits per heavy atom. The summed E-state index contributed by atoms with van der Waals surface area (Å²) < 4.78 is 88.6. The number of hydrogen-bond acceptors (Lipinski definition) is 0. The molecule has 206 valence electrons. The molecule has 0 N–H and O–H groups in total. The van der Waals surface area contributed by atoms with Crippen LogP contribution in [0, 0.1) is 0 Å². The molecule has 0 saturated heterocycles. The number of hydrogen-bond donors (Lipinski definition) is 0. The quantitative estimate of drug-likeness (QED) is 0.199. The highest BCUT2D eigenvalue weighted by molar-refractivity contribution is 6.19. The van der Waals surface area contributed by atoms with E-state index in [1.54, 1.807) is 6.07 Å². The summed E-state index contributed by atoms with van der Waals surface area (Å²) in [5.74, 6) is 0. The molecule has 0 bridgehead atoms. The summed E-state index contributed by atoms with van der Waals surface area (Å²) in [6.07, 6.45) is 0. The van der Waals surface area contributed by atoms with Gasteiger partial charge in [0.1, 0.15) is 0 Å². The minimum absolute atomic E-state index is 0.129. The van der Waals surface area contributed by atoms with Crippen molar-refractivity contribution in [2.45, 2.75) is 0 Å². The molecular formula is C42H28N2.